The highest BCUT2D eigenvalue weighted by Crippen LogP contribution is 2.67. The average molecular weight is 198 g/mol. The molecule has 1 saturated carbocycles. The van der Waals surface area contributed by atoms with Crippen molar-refractivity contribution < 1.29 is 0 Å². The van der Waals surface area contributed by atoms with Crippen molar-refractivity contribution in [1.82, 2.24) is 5.32 Å². The number of hydrogen-bond acceptors (Lipinski definition) is 2. The lowest BCUT2D eigenvalue weighted by molar-refractivity contribution is 0.440. The van der Waals surface area contributed by atoms with Gasteiger partial charge in [-0.3, -0.25) is 0 Å². The van der Waals surface area contributed by atoms with Gasteiger partial charge in [0.2, 0.25) is 0 Å². The van der Waals surface area contributed by atoms with Crippen molar-refractivity contribution in [3.05, 3.63) is 0 Å². The Morgan fingerprint density at radius 1 is 1.14 bits per heavy atom. The second kappa shape index (κ2) is 3.21. The summed E-state index contributed by atoms with van der Waals surface area (Å²) in [6.45, 7) is 15.5. The van der Waals surface area contributed by atoms with E-state index in [4.69, 9.17) is 5.73 Å². The third-order valence-electron chi connectivity index (χ3n) is 4.25. The molecule has 84 valence electrons. The van der Waals surface area contributed by atoms with Gasteiger partial charge < -0.3 is 11.1 Å². The fraction of sp³-hybridized carbons (Fsp3) is 1.00. The summed E-state index contributed by atoms with van der Waals surface area (Å²) in [5.41, 5.74) is 6.79. The number of rotatable bonds is 4. The lowest BCUT2D eigenvalue weighted by Crippen LogP contribution is -2.43. The van der Waals surface area contributed by atoms with Gasteiger partial charge in [0, 0.05) is 12.1 Å². The maximum Gasteiger partial charge on any atom is 0.0223 e. The minimum absolute atomic E-state index is 0.0941. The van der Waals surface area contributed by atoms with Gasteiger partial charge in [0.1, 0.15) is 0 Å². The zero-order valence-electron chi connectivity index (χ0n) is 10.6. The molecule has 0 unspecified atom stereocenters. The van der Waals surface area contributed by atoms with E-state index in [1.807, 2.05) is 0 Å². The van der Waals surface area contributed by atoms with Crippen LogP contribution in [0.2, 0.25) is 0 Å². The minimum atomic E-state index is -0.0941. The molecule has 1 aliphatic carbocycles. The van der Waals surface area contributed by atoms with E-state index in [2.05, 4.69) is 46.9 Å². The van der Waals surface area contributed by atoms with Gasteiger partial charge in [-0.05, 0) is 37.1 Å². The third-order valence-corrected chi connectivity index (χ3v) is 4.25. The molecular weight excluding hydrogens is 172 g/mol. The molecule has 2 heteroatoms. The van der Waals surface area contributed by atoms with E-state index in [-0.39, 0.29) is 5.54 Å². The van der Waals surface area contributed by atoms with Crippen LogP contribution < -0.4 is 11.1 Å². The molecule has 0 spiro atoms. The smallest absolute Gasteiger partial charge is 0.0223 e. The van der Waals surface area contributed by atoms with Crippen LogP contribution in [0.25, 0.3) is 0 Å². The molecule has 0 bridgehead atoms. The molecule has 0 aromatic rings. The highest BCUT2D eigenvalue weighted by atomic mass is 14.9. The van der Waals surface area contributed by atoms with E-state index in [1.54, 1.807) is 0 Å². The fourth-order valence-corrected chi connectivity index (χ4v) is 2.38. The first-order valence-corrected chi connectivity index (χ1v) is 5.58. The summed E-state index contributed by atoms with van der Waals surface area (Å²) >= 11 is 0. The molecule has 0 aromatic carbocycles. The van der Waals surface area contributed by atoms with Crippen LogP contribution in [0.15, 0.2) is 0 Å². The Hall–Kier alpha value is -0.0800. The van der Waals surface area contributed by atoms with Crippen molar-refractivity contribution in [1.29, 1.82) is 0 Å². The highest BCUT2D eigenvalue weighted by molar-refractivity contribution is 5.12. The molecule has 1 fully saturated rings. The summed E-state index contributed by atoms with van der Waals surface area (Å²) < 4.78 is 0. The minimum Gasteiger partial charge on any atom is -0.324 e. The molecule has 1 aliphatic rings. The van der Waals surface area contributed by atoms with Crippen molar-refractivity contribution in [2.75, 3.05) is 13.1 Å². The van der Waals surface area contributed by atoms with Crippen LogP contribution in [-0.2, 0) is 0 Å². The maximum atomic E-state index is 5.91. The monoisotopic (exact) mass is 198 g/mol. The normalized spacial score (nSPS) is 25.1. The highest BCUT2D eigenvalue weighted by Gasteiger charge is 2.63. The molecule has 0 amide bonds. The van der Waals surface area contributed by atoms with E-state index in [9.17, 15) is 0 Å². The topological polar surface area (TPSA) is 38.0 Å². The van der Waals surface area contributed by atoms with E-state index in [0.717, 1.165) is 19.0 Å². The van der Waals surface area contributed by atoms with Crippen LogP contribution in [0, 0.1) is 16.7 Å². The predicted molar refractivity (Wildman–Crippen MR) is 62.2 cm³/mol. The quantitative estimate of drug-likeness (QED) is 0.725. The van der Waals surface area contributed by atoms with Gasteiger partial charge in [0.05, 0.1) is 0 Å². The lowest BCUT2D eigenvalue weighted by atomic mass is 10.0. The second-order valence-electron chi connectivity index (χ2n) is 6.62. The maximum absolute atomic E-state index is 5.91. The van der Waals surface area contributed by atoms with Gasteiger partial charge in [-0.2, -0.15) is 0 Å². The Labute approximate surface area is 88.6 Å². The second-order valence-corrected chi connectivity index (χ2v) is 6.62. The van der Waals surface area contributed by atoms with Gasteiger partial charge in [-0.1, -0.05) is 27.7 Å². The molecule has 0 heterocycles. The molecule has 0 aromatic heterocycles. The number of nitrogens with two attached hydrogens (primary N) is 1. The number of hydrogen-bond donors (Lipinski definition) is 2. The zero-order valence-corrected chi connectivity index (χ0v) is 10.6. The van der Waals surface area contributed by atoms with Gasteiger partial charge in [-0.25, -0.2) is 0 Å². The van der Waals surface area contributed by atoms with E-state index in [0.29, 0.717) is 10.8 Å². The van der Waals surface area contributed by atoms with Gasteiger partial charge in [0.15, 0.2) is 0 Å². The van der Waals surface area contributed by atoms with Crippen LogP contribution >= 0.6 is 0 Å². The molecule has 1 rings (SSSR count). The molecular formula is C12H26N2. The Balaban J connectivity index is 2.30. The molecule has 0 saturated heterocycles. The Morgan fingerprint density at radius 3 is 1.86 bits per heavy atom. The average Bonchev–Trinajstić information content (AvgIpc) is 2.28. The van der Waals surface area contributed by atoms with E-state index < -0.39 is 0 Å². The fourth-order valence-electron chi connectivity index (χ4n) is 2.38. The first kappa shape index (κ1) is 12.0. The SMILES string of the molecule is CC(C)(N)CNCC1C(C)(C)C1(C)C. The van der Waals surface area contributed by atoms with Crippen molar-refractivity contribution in [3.63, 3.8) is 0 Å². The van der Waals surface area contributed by atoms with Crippen molar-refractivity contribution in [2.45, 2.75) is 47.1 Å². The van der Waals surface area contributed by atoms with Crippen molar-refractivity contribution in [3.8, 4) is 0 Å². The van der Waals surface area contributed by atoms with Crippen LogP contribution in [0.4, 0.5) is 0 Å². The summed E-state index contributed by atoms with van der Waals surface area (Å²) in [4.78, 5) is 0. The molecule has 14 heavy (non-hydrogen) atoms. The summed E-state index contributed by atoms with van der Waals surface area (Å²) in [6, 6.07) is 0. The van der Waals surface area contributed by atoms with Crippen molar-refractivity contribution in [2.24, 2.45) is 22.5 Å². The Morgan fingerprint density at radius 2 is 1.57 bits per heavy atom. The van der Waals surface area contributed by atoms with Crippen LogP contribution in [0.3, 0.4) is 0 Å². The van der Waals surface area contributed by atoms with Crippen molar-refractivity contribution >= 4 is 0 Å². The number of nitrogens with one attached hydrogen (secondary N) is 1. The van der Waals surface area contributed by atoms with E-state index in [1.165, 1.54) is 0 Å². The molecule has 3 N–H and O–H groups in total. The third kappa shape index (κ3) is 2.12. The molecule has 0 atom stereocenters. The van der Waals surface area contributed by atoms with Gasteiger partial charge in [0.25, 0.3) is 0 Å². The van der Waals surface area contributed by atoms with Gasteiger partial charge >= 0.3 is 0 Å². The molecule has 0 radical (unpaired) electrons. The summed E-state index contributed by atoms with van der Waals surface area (Å²) in [7, 11) is 0. The molecule has 0 aliphatic heterocycles. The molecule has 2 nitrogen and oxygen atoms in total. The van der Waals surface area contributed by atoms with Crippen LogP contribution in [-0.4, -0.2) is 18.6 Å². The predicted octanol–water partition coefficient (Wildman–Crippen LogP) is 2.00. The van der Waals surface area contributed by atoms with Crippen LogP contribution in [0.1, 0.15) is 41.5 Å². The first-order valence-electron chi connectivity index (χ1n) is 5.58. The Bertz CT molecular complexity index is 197. The first-order chi connectivity index (χ1) is 6.09. The zero-order chi connectivity index (χ0) is 11.2. The Kier molecular flexibility index (Phi) is 2.75. The summed E-state index contributed by atoms with van der Waals surface area (Å²) in [5.74, 6) is 0.789. The van der Waals surface area contributed by atoms with E-state index >= 15 is 0 Å². The van der Waals surface area contributed by atoms with Crippen LogP contribution in [0.5, 0.6) is 0 Å². The lowest BCUT2D eigenvalue weighted by Gasteiger charge is -2.19. The standard InChI is InChI=1S/C12H26N2/c1-10(2,13)8-14-7-9-11(3,4)12(9,5)6/h9,14H,7-8,13H2,1-6H3. The largest absolute Gasteiger partial charge is 0.324 e. The summed E-state index contributed by atoms with van der Waals surface area (Å²) in [6.07, 6.45) is 0. The van der Waals surface area contributed by atoms with Gasteiger partial charge in [-0.15, -0.1) is 0 Å². The summed E-state index contributed by atoms with van der Waals surface area (Å²) in [5, 5.41) is 3.47.